The third kappa shape index (κ3) is 5.41. The fourth-order valence-electron chi connectivity index (χ4n) is 2.61. The number of nitrogens with zero attached hydrogens (tertiary/aromatic N) is 3. The Morgan fingerprint density at radius 2 is 1.84 bits per heavy atom. The topological polar surface area (TPSA) is 151 Å². The monoisotopic (exact) mass is 482 g/mol. The van der Waals surface area contributed by atoms with Crippen molar-refractivity contribution in [3.63, 3.8) is 0 Å². The number of aromatic nitrogens is 3. The number of carbonyl (C=O) groups excluding carboxylic acids is 1. The number of thiazole rings is 1. The van der Waals surface area contributed by atoms with Gasteiger partial charge in [-0.05, 0) is 17.7 Å². The summed E-state index contributed by atoms with van der Waals surface area (Å²) in [6.07, 6.45) is 3.03. The number of Topliss-reactive ketones (excluding diaryl/α,β-unsaturated/α-hetero) is 1. The van der Waals surface area contributed by atoms with Gasteiger partial charge in [0.25, 0.3) is 0 Å². The van der Waals surface area contributed by atoms with Crippen molar-refractivity contribution in [3.8, 4) is 10.6 Å². The lowest BCUT2D eigenvalue weighted by molar-refractivity contribution is 0.0989. The van der Waals surface area contributed by atoms with E-state index in [0.717, 1.165) is 19.1 Å². The van der Waals surface area contributed by atoms with Crippen molar-refractivity contribution in [1.29, 1.82) is 0 Å². The molecule has 0 unspecified atom stereocenters. The van der Waals surface area contributed by atoms with Gasteiger partial charge in [0, 0.05) is 26.8 Å². The molecular weight excluding hydrogens is 463 g/mol. The molecule has 10 nitrogen and oxygen atoms in total. The Labute approximate surface area is 182 Å². The molecule has 0 saturated carbocycles. The highest BCUT2D eigenvalue weighted by molar-refractivity contribution is 7.97. The fourth-order valence-corrected chi connectivity index (χ4v) is 6.99. The molecule has 0 aliphatic heterocycles. The molecule has 0 spiro atoms. The van der Waals surface area contributed by atoms with E-state index in [1.54, 1.807) is 11.7 Å². The number of anilines is 1. The number of ketones is 1. The van der Waals surface area contributed by atoms with Crippen molar-refractivity contribution in [2.75, 3.05) is 25.4 Å². The average Bonchev–Trinajstić information content (AvgIpc) is 3.29. The van der Waals surface area contributed by atoms with Crippen LogP contribution in [0.25, 0.3) is 10.6 Å². The Morgan fingerprint density at radius 3 is 2.42 bits per heavy atom. The summed E-state index contributed by atoms with van der Waals surface area (Å²) in [7, 11) is -5.43. The highest BCUT2D eigenvalue weighted by atomic mass is 32.2. The quantitative estimate of drug-likeness (QED) is 0.356. The fraction of sp³-hybridized carbons (Fsp3) is 0.222. The molecule has 2 heterocycles. The zero-order valence-electron chi connectivity index (χ0n) is 16.6. The van der Waals surface area contributed by atoms with Crippen LogP contribution in [0.4, 0.5) is 5.82 Å². The van der Waals surface area contributed by atoms with E-state index >= 15 is 0 Å². The van der Waals surface area contributed by atoms with Crippen molar-refractivity contribution in [1.82, 2.24) is 15.0 Å². The third-order valence-electron chi connectivity index (χ3n) is 4.28. The number of benzene rings is 1. The minimum Gasteiger partial charge on any atom is -0.382 e. The highest BCUT2D eigenvalue weighted by Gasteiger charge is 2.31. The van der Waals surface area contributed by atoms with Gasteiger partial charge >= 0.3 is 7.60 Å². The first-order chi connectivity index (χ1) is 14.7. The van der Waals surface area contributed by atoms with E-state index in [0.29, 0.717) is 11.3 Å². The van der Waals surface area contributed by atoms with Gasteiger partial charge in [-0.15, -0.1) is 11.3 Å². The van der Waals surface area contributed by atoms with E-state index in [1.807, 2.05) is 0 Å². The molecule has 3 aromatic rings. The van der Waals surface area contributed by atoms with E-state index in [4.69, 9.17) is 14.8 Å². The summed E-state index contributed by atoms with van der Waals surface area (Å²) in [5.41, 5.74) is 7.75. The van der Waals surface area contributed by atoms with Gasteiger partial charge in [-0.25, -0.2) is 18.4 Å². The van der Waals surface area contributed by atoms with Crippen LogP contribution < -0.4 is 5.73 Å². The van der Waals surface area contributed by atoms with Crippen LogP contribution in [0.3, 0.4) is 0 Å². The SMILES string of the molecule is COP(=O)(CS(=O)(=O)c1ccc(CC(=O)c2nc(-c3cncs3)cnc2N)cc1)OC. The summed E-state index contributed by atoms with van der Waals surface area (Å²) in [6.45, 7) is 0. The molecule has 2 N–H and O–H groups in total. The van der Waals surface area contributed by atoms with Gasteiger partial charge in [0.2, 0.25) is 0 Å². The second kappa shape index (κ2) is 9.33. The summed E-state index contributed by atoms with van der Waals surface area (Å²) in [5.74, 6) is -0.359. The Morgan fingerprint density at radius 1 is 1.16 bits per heavy atom. The van der Waals surface area contributed by atoms with E-state index in [9.17, 15) is 17.8 Å². The third-order valence-corrected chi connectivity index (χ3v) is 9.80. The first kappa shape index (κ1) is 23.2. The molecule has 1 aromatic carbocycles. The second-order valence-corrected chi connectivity index (χ2v) is 11.9. The molecular formula is C18H19N4O6PS2. The van der Waals surface area contributed by atoms with E-state index in [-0.39, 0.29) is 28.6 Å². The molecule has 164 valence electrons. The molecule has 0 atom stereocenters. The number of rotatable bonds is 9. The predicted octanol–water partition coefficient (Wildman–Crippen LogP) is 2.82. The van der Waals surface area contributed by atoms with Gasteiger partial charge in [-0.1, -0.05) is 12.1 Å². The van der Waals surface area contributed by atoms with Crippen molar-refractivity contribution in [3.05, 3.63) is 53.4 Å². The van der Waals surface area contributed by atoms with Gasteiger partial charge in [0.05, 0.1) is 21.5 Å². The lowest BCUT2D eigenvalue weighted by atomic mass is 10.1. The largest absolute Gasteiger partial charge is 0.382 e. The van der Waals surface area contributed by atoms with E-state index in [2.05, 4.69) is 15.0 Å². The lowest BCUT2D eigenvalue weighted by Crippen LogP contribution is -2.12. The van der Waals surface area contributed by atoms with Crippen LogP contribution in [0.5, 0.6) is 0 Å². The maximum absolute atomic E-state index is 12.7. The highest BCUT2D eigenvalue weighted by Crippen LogP contribution is 2.48. The molecule has 31 heavy (non-hydrogen) atoms. The molecule has 0 aliphatic rings. The van der Waals surface area contributed by atoms with Crippen LogP contribution in [0.15, 0.2) is 47.1 Å². The Bertz CT molecular complexity index is 1220. The van der Waals surface area contributed by atoms with Gasteiger partial charge < -0.3 is 14.8 Å². The minimum absolute atomic E-state index is 0.00680. The van der Waals surface area contributed by atoms with Crippen LogP contribution >= 0.6 is 18.9 Å². The van der Waals surface area contributed by atoms with Gasteiger partial charge in [0.1, 0.15) is 11.4 Å². The normalized spacial score (nSPS) is 12.1. The molecule has 0 saturated heterocycles. The zero-order chi connectivity index (χ0) is 22.6. The summed E-state index contributed by atoms with van der Waals surface area (Å²) in [6, 6.07) is 5.64. The maximum atomic E-state index is 12.7. The van der Waals surface area contributed by atoms with Crippen LogP contribution in [-0.4, -0.2) is 48.9 Å². The molecule has 0 radical (unpaired) electrons. The molecule has 0 amide bonds. The summed E-state index contributed by atoms with van der Waals surface area (Å²) in [4.78, 5) is 25.7. The first-order valence-electron chi connectivity index (χ1n) is 8.74. The Hall–Kier alpha value is -2.50. The number of nitrogen functional groups attached to an aromatic ring is 1. The van der Waals surface area contributed by atoms with Gasteiger partial charge in [-0.3, -0.25) is 14.3 Å². The summed E-state index contributed by atoms with van der Waals surface area (Å²) < 4.78 is 46.5. The number of sulfone groups is 1. The zero-order valence-corrected chi connectivity index (χ0v) is 19.1. The van der Waals surface area contributed by atoms with Crippen molar-refractivity contribution >= 4 is 40.4 Å². The van der Waals surface area contributed by atoms with Crippen molar-refractivity contribution in [2.24, 2.45) is 0 Å². The smallest absolute Gasteiger partial charge is 0.345 e. The number of carbonyl (C=O) groups is 1. The molecule has 2 aromatic heterocycles. The minimum atomic E-state index is -3.92. The van der Waals surface area contributed by atoms with Crippen LogP contribution in [0.2, 0.25) is 0 Å². The maximum Gasteiger partial charge on any atom is 0.345 e. The standard InChI is InChI=1S/C18H19N4O6PS2/c1-27-29(24,28-2)11-31(25,26)13-5-3-12(4-6-13)7-15(23)17-18(19)21-8-14(22-17)16-9-20-10-30-16/h3-6,8-10H,7,11H2,1-2H3,(H2,19,21). The van der Waals surface area contributed by atoms with E-state index in [1.165, 1.54) is 41.8 Å². The molecule has 0 bridgehead atoms. The number of hydrogen-bond acceptors (Lipinski definition) is 11. The number of hydrogen-bond donors (Lipinski definition) is 1. The Balaban J connectivity index is 1.78. The van der Waals surface area contributed by atoms with Crippen LogP contribution in [0, 0.1) is 0 Å². The van der Waals surface area contributed by atoms with Crippen LogP contribution in [0.1, 0.15) is 16.1 Å². The Kier molecular flexibility index (Phi) is 6.97. The first-order valence-corrected chi connectivity index (χ1v) is 13.0. The van der Waals surface area contributed by atoms with Gasteiger partial charge in [0.15, 0.2) is 26.9 Å². The summed E-state index contributed by atoms with van der Waals surface area (Å²) >= 11 is 1.36. The van der Waals surface area contributed by atoms with Crippen molar-refractivity contribution in [2.45, 2.75) is 11.3 Å². The lowest BCUT2D eigenvalue weighted by Gasteiger charge is -2.13. The molecule has 0 aliphatic carbocycles. The van der Waals surface area contributed by atoms with E-state index < -0.39 is 22.9 Å². The van der Waals surface area contributed by atoms with Gasteiger partial charge in [-0.2, -0.15) is 0 Å². The molecule has 3 rings (SSSR count). The number of nitrogens with two attached hydrogens (primary N) is 1. The van der Waals surface area contributed by atoms with Crippen molar-refractivity contribution < 1.29 is 26.8 Å². The molecule has 13 heteroatoms. The predicted molar refractivity (Wildman–Crippen MR) is 116 cm³/mol. The average molecular weight is 482 g/mol. The van der Waals surface area contributed by atoms with Crippen LogP contribution in [-0.2, 0) is 29.9 Å². The summed E-state index contributed by atoms with van der Waals surface area (Å²) in [5, 5.41) is 0. The second-order valence-electron chi connectivity index (χ2n) is 6.32. The molecule has 0 fully saturated rings.